The maximum atomic E-state index is 5.71. The van der Waals surface area contributed by atoms with Gasteiger partial charge in [-0.3, -0.25) is 0 Å². The van der Waals surface area contributed by atoms with Crippen LogP contribution in [0.1, 0.15) is 20.8 Å². The number of hydrogen-bond acceptors (Lipinski definition) is 7. The number of rotatable bonds is 7. The van der Waals surface area contributed by atoms with Crippen LogP contribution in [0.15, 0.2) is 30.6 Å². The number of nitrogens with two attached hydrogens (primary N) is 1. The SMILES string of the molecule is CC(COc1ccc(OC(C)C)cc1)Nc1ncnc(N)n1. The van der Waals surface area contributed by atoms with E-state index >= 15 is 0 Å². The van der Waals surface area contributed by atoms with Crippen LogP contribution in [0.2, 0.25) is 0 Å². The van der Waals surface area contributed by atoms with Crippen molar-refractivity contribution in [2.45, 2.75) is 32.9 Å². The van der Waals surface area contributed by atoms with Crippen molar-refractivity contribution < 1.29 is 9.47 Å². The highest BCUT2D eigenvalue weighted by Gasteiger charge is 2.06. The van der Waals surface area contributed by atoms with Gasteiger partial charge in [0.2, 0.25) is 11.9 Å². The minimum Gasteiger partial charge on any atom is -0.491 e. The Balaban J connectivity index is 1.82. The van der Waals surface area contributed by atoms with Crippen molar-refractivity contribution in [2.75, 3.05) is 17.7 Å². The Morgan fingerprint density at radius 1 is 1.09 bits per heavy atom. The molecular weight excluding hydrogens is 282 g/mol. The Kier molecular flexibility index (Phi) is 5.35. The van der Waals surface area contributed by atoms with Crippen LogP contribution in [0.25, 0.3) is 0 Å². The summed E-state index contributed by atoms with van der Waals surface area (Å²) < 4.78 is 11.3. The number of hydrogen-bond donors (Lipinski definition) is 2. The molecule has 7 heteroatoms. The van der Waals surface area contributed by atoms with Crippen molar-refractivity contribution in [1.82, 2.24) is 15.0 Å². The quantitative estimate of drug-likeness (QED) is 0.808. The molecule has 1 aromatic heterocycles. The molecule has 0 spiro atoms. The van der Waals surface area contributed by atoms with Gasteiger partial charge in [0, 0.05) is 0 Å². The monoisotopic (exact) mass is 303 g/mol. The first kappa shape index (κ1) is 15.8. The fourth-order valence-electron chi connectivity index (χ4n) is 1.75. The maximum Gasteiger partial charge on any atom is 0.227 e. The van der Waals surface area contributed by atoms with Gasteiger partial charge < -0.3 is 20.5 Å². The van der Waals surface area contributed by atoms with Crippen LogP contribution in [0.3, 0.4) is 0 Å². The summed E-state index contributed by atoms with van der Waals surface area (Å²) in [5.41, 5.74) is 5.50. The van der Waals surface area contributed by atoms with E-state index in [4.69, 9.17) is 15.2 Å². The third-order valence-corrected chi connectivity index (χ3v) is 2.66. The van der Waals surface area contributed by atoms with Gasteiger partial charge in [-0.1, -0.05) is 0 Å². The summed E-state index contributed by atoms with van der Waals surface area (Å²) in [6.45, 7) is 6.42. The van der Waals surface area contributed by atoms with Gasteiger partial charge >= 0.3 is 0 Å². The average molecular weight is 303 g/mol. The molecule has 118 valence electrons. The highest BCUT2D eigenvalue weighted by molar-refractivity contribution is 5.32. The van der Waals surface area contributed by atoms with Crippen molar-refractivity contribution in [3.05, 3.63) is 30.6 Å². The summed E-state index contributed by atoms with van der Waals surface area (Å²) in [7, 11) is 0. The number of nitrogens with zero attached hydrogens (tertiary/aromatic N) is 3. The van der Waals surface area contributed by atoms with E-state index in [1.807, 2.05) is 45.0 Å². The van der Waals surface area contributed by atoms with Gasteiger partial charge in [-0.05, 0) is 45.0 Å². The van der Waals surface area contributed by atoms with Crippen molar-refractivity contribution in [3.63, 3.8) is 0 Å². The Morgan fingerprint density at radius 3 is 2.41 bits per heavy atom. The zero-order chi connectivity index (χ0) is 15.9. The molecule has 0 saturated heterocycles. The molecule has 1 heterocycles. The van der Waals surface area contributed by atoms with E-state index in [1.165, 1.54) is 6.33 Å². The summed E-state index contributed by atoms with van der Waals surface area (Å²) in [4.78, 5) is 11.7. The number of benzene rings is 1. The molecule has 3 N–H and O–H groups in total. The molecule has 7 nitrogen and oxygen atoms in total. The molecule has 0 fully saturated rings. The molecule has 1 atom stereocenters. The molecular formula is C15H21N5O2. The van der Waals surface area contributed by atoms with Crippen molar-refractivity contribution in [2.24, 2.45) is 0 Å². The normalized spacial score (nSPS) is 12.0. The Labute approximate surface area is 129 Å². The summed E-state index contributed by atoms with van der Waals surface area (Å²) in [6, 6.07) is 7.56. The Morgan fingerprint density at radius 2 is 1.77 bits per heavy atom. The lowest BCUT2D eigenvalue weighted by atomic mass is 10.3. The average Bonchev–Trinajstić information content (AvgIpc) is 2.46. The van der Waals surface area contributed by atoms with E-state index in [1.54, 1.807) is 0 Å². The van der Waals surface area contributed by atoms with Crippen molar-refractivity contribution in [1.29, 1.82) is 0 Å². The first-order valence-corrected chi connectivity index (χ1v) is 7.13. The molecule has 2 rings (SSSR count). The summed E-state index contributed by atoms with van der Waals surface area (Å²) in [6.07, 6.45) is 1.52. The van der Waals surface area contributed by atoms with Crippen molar-refractivity contribution >= 4 is 11.9 Å². The molecule has 22 heavy (non-hydrogen) atoms. The second-order valence-electron chi connectivity index (χ2n) is 5.16. The first-order chi connectivity index (χ1) is 10.5. The van der Waals surface area contributed by atoms with Crippen molar-refractivity contribution in [3.8, 4) is 11.5 Å². The number of anilines is 2. The predicted octanol–water partition coefficient (Wildman–Crippen LogP) is 2.12. The van der Waals surface area contributed by atoms with E-state index < -0.39 is 0 Å². The van der Waals surface area contributed by atoms with Crippen LogP contribution >= 0.6 is 0 Å². The lowest BCUT2D eigenvalue weighted by Gasteiger charge is -2.15. The molecule has 0 radical (unpaired) electrons. The molecule has 0 aliphatic rings. The second kappa shape index (κ2) is 7.44. The minimum absolute atomic E-state index is 0.0217. The third-order valence-electron chi connectivity index (χ3n) is 2.66. The summed E-state index contributed by atoms with van der Waals surface area (Å²) in [5, 5.41) is 3.10. The van der Waals surface area contributed by atoms with Gasteiger partial charge in [-0.15, -0.1) is 0 Å². The van der Waals surface area contributed by atoms with Gasteiger partial charge in [-0.2, -0.15) is 4.98 Å². The molecule has 0 aliphatic carbocycles. The number of nitrogens with one attached hydrogen (secondary N) is 1. The molecule has 1 unspecified atom stereocenters. The summed E-state index contributed by atoms with van der Waals surface area (Å²) >= 11 is 0. The maximum absolute atomic E-state index is 5.71. The zero-order valence-electron chi connectivity index (χ0n) is 13.0. The Hall–Kier alpha value is -2.57. The van der Waals surface area contributed by atoms with Crippen LogP contribution in [0, 0.1) is 0 Å². The molecule has 0 amide bonds. The third kappa shape index (κ3) is 5.08. The topological polar surface area (TPSA) is 95.2 Å². The highest BCUT2D eigenvalue weighted by Crippen LogP contribution is 2.18. The molecule has 1 aromatic carbocycles. The fraction of sp³-hybridized carbons (Fsp3) is 0.400. The van der Waals surface area contributed by atoms with Gasteiger partial charge in [0.1, 0.15) is 24.4 Å². The standard InChI is InChI=1S/C15H21N5O2/c1-10(2)22-13-6-4-12(5-7-13)21-8-11(3)19-15-18-9-17-14(16)20-15/h4-7,9-11H,8H2,1-3H3,(H3,16,17,18,19,20). The molecule has 0 saturated carbocycles. The molecule has 0 bridgehead atoms. The van der Waals surface area contributed by atoms with E-state index in [9.17, 15) is 0 Å². The van der Waals surface area contributed by atoms with Gasteiger partial charge in [0.25, 0.3) is 0 Å². The van der Waals surface area contributed by atoms with Gasteiger partial charge in [0.05, 0.1) is 12.1 Å². The molecule has 0 aliphatic heterocycles. The van der Waals surface area contributed by atoms with Crippen LogP contribution < -0.4 is 20.5 Å². The minimum atomic E-state index is 0.0217. The van der Waals surface area contributed by atoms with E-state index in [2.05, 4.69) is 20.3 Å². The van der Waals surface area contributed by atoms with Crippen LogP contribution in [-0.2, 0) is 0 Å². The zero-order valence-corrected chi connectivity index (χ0v) is 13.0. The number of ether oxygens (including phenoxy) is 2. The van der Waals surface area contributed by atoms with Crippen LogP contribution in [-0.4, -0.2) is 33.7 Å². The lowest BCUT2D eigenvalue weighted by molar-refractivity contribution is 0.241. The van der Waals surface area contributed by atoms with Gasteiger partial charge in [-0.25, -0.2) is 9.97 Å². The van der Waals surface area contributed by atoms with E-state index in [0.717, 1.165) is 11.5 Å². The smallest absolute Gasteiger partial charge is 0.227 e. The fourth-order valence-corrected chi connectivity index (χ4v) is 1.75. The largest absolute Gasteiger partial charge is 0.491 e. The van der Waals surface area contributed by atoms with E-state index in [0.29, 0.717) is 12.6 Å². The summed E-state index contributed by atoms with van der Waals surface area (Å²) in [5.74, 6) is 2.23. The van der Waals surface area contributed by atoms with Crippen LogP contribution in [0.5, 0.6) is 11.5 Å². The lowest BCUT2D eigenvalue weighted by Crippen LogP contribution is -2.24. The van der Waals surface area contributed by atoms with E-state index in [-0.39, 0.29) is 18.1 Å². The second-order valence-corrected chi connectivity index (χ2v) is 5.16. The number of nitrogen functional groups attached to an aromatic ring is 1. The highest BCUT2D eigenvalue weighted by atomic mass is 16.5. The first-order valence-electron chi connectivity index (χ1n) is 7.13. The Bertz CT molecular complexity index is 589. The number of aromatic nitrogens is 3. The predicted molar refractivity (Wildman–Crippen MR) is 85.0 cm³/mol. The van der Waals surface area contributed by atoms with Crippen LogP contribution in [0.4, 0.5) is 11.9 Å². The molecule has 2 aromatic rings. The van der Waals surface area contributed by atoms with Gasteiger partial charge in [0.15, 0.2) is 0 Å².